The van der Waals surface area contributed by atoms with Crippen LogP contribution in [0.4, 0.5) is 4.79 Å². The summed E-state index contributed by atoms with van der Waals surface area (Å²) in [7, 11) is 0. The zero-order chi connectivity index (χ0) is 34.9. The highest BCUT2D eigenvalue weighted by Gasteiger charge is 2.44. The lowest BCUT2D eigenvalue weighted by atomic mass is 10.0. The molecule has 2 aliphatic rings. The number of para-hydroxylation sites is 1. The van der Waals surface area contributed by atoms with Crippen molar-refractivity contribution in [2.45, 2.75) is 57.8 Å². The number of pyridine rings is 1. The SMILES string of the molecule is Cc1cccc(C)c1OCC(=O)NN(Cc1ccc(-c2ccccn2)cc1)CC(O)C(Cc1ccccc1)NC(=O)OC1COC2OCCC12. The van der Waals surface area contributed by atoms with Crippen molar-refractivity contribution in [1.82, 2.24) is 20.7 Å². The lowest BCUT2D eigenvalue weighted by Gasteiger charge is -2.31. The number of benzene rings is 3. The number of hydrogen-bond donors (Lipinski definition) is 3. The van der Waals surface area contributed by atoms with Gasteiger partial charge in [-0.15, -0.1) is 0 Å². The average Bonchev–Trinajstić information content (AvgIpc) is 3.74. The van der Waals surface area contributed by atoms with Gasteiger partial charge < -0.3 is 29.4 Å². The predicted octanol–water partition coefficient (Wildman–Crippen LogP) is 4.74. The zero-order valence-corrected chi connectivity index (χ0v) is 28.4. The summed E-state index contributed by atoms with van der Waals surface area (Å²) in [4.78, 5) is 31.0. The predicted molar refractivity (Wildman–Crippen MR) is 187 cm³/mol. The molecule has 3 aromatic carbocycles. The summed E-state index contributed by atoms with van der Waals surface area (Å²) in [5, 5.41) is 16.3. The maximum absolute atomic E-state index is 13.3. The summed E-state index contributed by atoms with van der Waals surface area (Å²) in [5.41, 5.74) is 8.42. The second kappa shape index (κ2) is 16.7. The number of aliphatic hydroxyl groups excluding tert-OH is 1. The lowest BCUT2D eigenvalue weighted by Crippen LogP contribution is -2.54. The van der Waals surface area contributed by atoms with Gasteiger partial charge in [-0.25, -0.2) is 9.80 Å². The van der Waals surface area contributed by atoms with E-state index in [2.05, 4.69) is 15.7 Å². The Balaban J connectivity index is 1.17. The number of hydrogen-bond acceptors (Lipinski definition) is 9. The molecule has 11 heteroatoms. The van der Waals surface area contributed by atoms with Crippen LogP contribution in [0.3, 0.4) is 0 Å². The van der Waals surface area contributed by atoms with Gasteiger partial charge in [-0.3, -0.25) is 15.2 Å². The van der Waals surface area contributed by atoms with Gasteiger partial charge in [0.2, 0.25) is 0 Å². The summed E-state index contributed by atoms with van der Waals surface area (Å²) >= 11 is 0. The smallest absolute Gasteiger partial charge is 0.407 e. The van der Waals surface area contributed by atoms with Crippen LogP contribution >= 0.6 is 0 Å². The molecule has 0 saturated carbocycles. The summed E-state index contributed by atoms with van der Waals surface area (Å²) in [6, 6.07) is 28.3. The largest absolute Gasteiger partial charge is 0.483 e. The number of aliphatic hydroxyl groups is 1. The van der Waals surface area contributed by atoms with Gasteiger partial charge in [-0.1, -0.05) is 78.9 Å². The highest BCUT2D eigenvalue weighted by Crippen LogP contribution is 2.33. The fraction of sp³-hybridized carbons (Fsp3) is 0.359. The monoisotopic (exact) mass is 680 g/mol. The van der Waals surface area contributed by atoms with Gasteiger partial charge in [-0.2, -0.15) is 0 Å². The first-order valence-corrected chi connectivity index (χ1v) is 17.0. The molecular weight excluding hydrogens is 636 g/mol. The molecule has 262 valence electrons. The summed E-state index contributed by atoms with van der Waals surface area (Å²) in [5.74, 6) is 0.262. The van der Waals surface area contributed by atoms with Crippen LogP contribution in [0, 0.1) is 19.8 Å². The van der Waals surface area contributed by atoms with E-state index in [9.17, 15) is 14.7 Å². The van der Waals surface area contributed by atoms with Gasteiger partial charge in [0.25, 0.3) is 5.91 Å². The van der Waals surface area contributed by atoms with Gasteiger partial charge in [0.1, 0.15) is 11.9 Å². The lowest BCUT2D eigenvalue weighted by molar-refractivity contribution is -0.129. The molecule has 2 fully saturated rings. The molecule has 2 aliphatic heterocycles. The Morgan fingerprint density at radius 3 is 2.44 bits per heavy atom. The zero-order valence-electron chi connectivity index (χ0n) is 28.4. The first-order valence-electron chi connectivity index (χ1n) is 17.0. The summed E-state index contributed by atoms with van der Waals surface area (Å²) in [6.07, 6.45) is 0.310. The Bertz CT molecular complexity index is 1690. The third-order valence-corrected chi connectivity index (χ3v) is 9.04. The minimum atomic E-state index is -1.10. The van der Waals surface area contributed by atoms with E-state index in [-0.39, 0.29) is 44.4 Å². The molecule has 5 atom stereocenters. The molecule has 1 aromatic heterocycles. The molecular formula is C39H44N4O7. The van der Waals surface area contributed by atoms with Crippen LogP contribution in [0.25, 0.3) is 11.3 Å². The van der Waals surface area contributed by atoms with Crippen molar-refractivity contribution in [1.29, 1.82) is 0 Å². The van der Waals surface area contributed by atoms with Crippen LogP contribution in [0.5, 0.6) is 5.75 Å². The molecule has 3 N–H and O–H groups in total. The van der Waals surface area contributed by atoms with Crippen LogP contribution in [0.2, 0.25) is 0 Å². The molecule has 50 heavy (non-hydrogen) atoms. The third-order valence-electron chi connectivity index (χ3n) is 9.04. The van der Waals surface area contributed by atoms with E-state index < -0.39 is 24.3 Å². The van der Waals surface area contributed by atoms with E-state index in [1.807, 2.05) is 105 Å². The Hall–Kier alpha value is -4.81. The quantitative estimate of drug-likeness (QED) is 0.162. The molecule has 0 aliphatic carbocycles. The molecule has 6 rings (SSSR count). The molecule has 2 amide bonds. The second-order valence-corrected chi connectivity index (χ2v) is 12.8. The summed E-state index contributed by atoms with van der Waals surface area (Å²) in [6.45, 7) is 4.75. The van der Waals surface area contributed by atoms with Crippen molar-refractivity contribution >= 4 is 12.0 Å². The molecule has 2 saturated heterocycles. The minimum Gasteiger partial charge on any atom is -0.483 e. The number of amides is 2. The number of rotatable bonds is 14. The molecule has 0 spiro atoms. The molecule has 11 nitrogen and oxygen atoms in total. The standard InChI is InChI=1S/C39H44N4O7/c1-26-9-8-10-27(2)37(26)48-25-36(45)42-43(22-29-14-16-30(17-15-29)32-13-6-7-19-40-32)23-34(44)33(21-28-11-4-3-5-12-28)41-39(46)50-35-24-49-38-31(35)18-20-47-38/h3-17,19,31,33-35,38,44H,18,20-25H2,1-2H3,(H,41,46)(H,42,45). The Kier molecular flexibility index (Phi) is 11.7. The maximum Gasteiger partial charge on any atom is 0.407 e. The Morgan fingerprint density at radius 1 is 0.940 bits per heavy atom. The Morgan fingerprint density at radius 2 is 1.70 bits per heavy atom. The first-order chi connectivity index (χ1) is 24.3. The van der Waals surface area contributed by atoms with Crippen LogP contribution in [-0.4, -0.2) is 78.0 Å². The van der Waals surface area contributed by atoms with Crippen LogP contribution in [0.1, 0.15) is 28.7 Å². The highest BCUT2D eigenvalue weighted by molar-refractivity contribution is 5.77. The third kappa shape index (κ3) is 9.25. The van der Waals surface area contributed by atoms with Gasteiger partial charge in [0.15, 0.2) is 12.9 Å². The number of ether oxygens (including phenoxy) is 4. The van der Waals surface area contributed by atoms with Crippen molar-refractivity contribution in [2.24, 2.45) is 5.92 Å². The van der Waals surface area contributed by atoms with Gasteiger partial charge >= 0.3 is 6.09 Å². The molecule has 3 heterocycles. The number of aryl methyl sites for hydroxylation is 2. The molecule has 5 unspecified atom stereocenters. The fourth-order valence-electron chi connectivity index (χ4n) is 6.43. The number of fused-ring (bicyclic) bond motifs is 1. The van der Waals surface area contributed by atoms with Crippen molar-refractivity contribution in [3.05, 3.63) is 119 Å². The van der Waals surface area contributed by atoms with Crippen molar-refractivity contribution in [2.75, 3.05) is 26.4 Å². The minimum absolute atomic E-state index is 0.0000161. The molecule has 0 bridgehead atoms. The van der Waals surface area contributed by atoms with Crippen LogP contribution < -0.4 is 15.5 Å². The molecule has 0 radical (unpaired) electrons. The van der Waals surface area contributed by atoms with Crippen LogP contribution in [0.15, 0.2) is 97.2 Å². The number of hydrazine groups is 1. The number of nitrogens with zero attached hydrogens (tertiary/aromatic N) is 2. The van der Waals surface area contributed by atoms with Gasteiger partial charge in [-0.05, 0) is 61.1 Å². The van der Waals surface area contributed by atoms with E-state index in [1.54, 1.807) is 11.2 Å². The van der Waals surface area contributed by atoms with Crippen molar-refractivity contribution in [3.63, 3.8) is 0 Å². The van der Waals surface area contributed by atoms with Gasteiger partial charge in [0, 0.05) is 24.8 Å². The number of aromatic nitrogens is 1. The summed E-state index contributed by atoms with van der Waals surface area (Å²) < 4.78 is 22.9. The van der Waals surface area contributed by atoms with E-state index in [0.717, 1.165) is 39.9 Å². The van der Waals surface area contributed by atoms with Crippen molar-refractivity contribution in [3.8, 4) is 17.0 Å². The topological polar surface area (TPSA) is 131 Å². The maximum atomic E-state index is 13.3. The van der Waals surface area contributed by atoms with Crippen LogP contribution in [-0.2, 0) is 32.0 Å². The van der Waals surface area contributed by atoms with E-state index in [1.165, 1.54) is 0 Å². The number of alkyl carbamates (subject to hydrolysis) is 1. The first kappa shape index (κ1) is 35.0. The average molecular weight is 681 g/mol. The normalized spacial score (nSPS) is 19.4. The number of carbonyl (C=O) groups excluding carboxylic acids is 2. The second-order valence-electron chi connectivity index (χ2n) is 12.8. The fourth-order valence-corrected chi connectivity index (χ4v) is 6.43. The highest BCUT2D eigenvalue weighted by atomic mass is 16.7. The van der Waals surface area contributed by atoms with E-state index in [0.29, 0.717) is 18.8 Å². The number of carbonyl (C=O) groups is 2. The number of nitrogens with one attached hydrogen (secondary N) is 2. The van der Waals surface area contributed by atoms with Gasteiger partial charge in [0.05, 0.1) is 37.0 Å². The van der Waals surface area contributed by atoms with Crippen molar-refractivity contribution < 1.29 is 33.6 Å². The van der Waals surface area contributed by atoms with E-state index in [4.69, 9.17) is 18.9 Å². The Labute approximate surface area is 292 Å². The van der Waals surface area contributed by atoms with E-state index >= 15 is 0 Å². The molecule has 4 aromatic rings.